The van der Waals surface area contributed by atoms with Crippen LogP contribution >= 0.6 is 0 Å². The summed E-state index contributed by atoms with van der Waals surface area (Å²) >= 11 is 0. The van der Waals surface area contributed by atoms with Gasteiger partial charge in [-0.25, -0.2) is 0 Å². The maximum absolute atomic E-state index is 11.4. The number of hydrogen-bond acceptors (Lipinski definition) is 9. The van der Waals surface area contributed by atoms with Crippen molar-refractivity contribution in [2.45, 2.75) is 58.3 Å². The van der Waals surface area contributed by atoms with Crippen LogP contribution in [0.4, 0.5) is 0 Å². The SMILES string of the molecule is CC(=O)NC1C(OC(C)=O)[C@@H](OC(C)=O)C(COC(C)=O)O[C@H]1O. The molecule has 0 aromatic rings. The molecule has 0 saturated carbocycles. The number of nitrogens with one attached hydrogen (secondary N) is 1. The van der Waals surface area contributed by atoms with E-state index in [2.05, 4.69) is 5.32 Å². The molecule has 2 N–H and O–H groups in total. The van der Waals surface area contributed by atoms with E-state index in [1.165, 1.54) is 13.8 Å². The molecule has 1 aliphatic heterocycles. The molecule has 0 bridgehead atoms. The van der Waals surface area contributed by atoms with E-state index in [9.17, 15) is 24.3 Å². The zero-order valence-corrected chi connectivity index (χ0v) is 13.8. The molecule has 0 spiro atoms. The van der Waals surface area contributed by atoms with Crippen LogP contribution in [0.3, 0.4) is 0 Å². The number of aliphatic hydroxyl groups excluding tert-OH is 1. The lowest BCUT2D eigenvalue weighted by Gasteiger charge is -2.43. The lowest BCUT2D eigenvalue weighted by molar-refractivity contribution is -0.264. The van der Waals surface area contributed by atoms with Crippen molar-refractivity contribution in [3.8, 4) is 0 Å². The molecule has 1 fully saturated rings. The Morgan fingerprint density at radius 1 is 0.958 bits per heavy atom. The summed E-state index contributed by atoms with van der Waals surface area (Å²) in [4.78, 5) is 45.0. The van der Waals surface area contributed by atoms with Crippen LogP contribution < -0.4 is 5.32 Å². The van der Waals surface area contributed by atoms with Gasteiger partial charge < -0.3 is 29.4 Å². The molecule has 136 valence electrons. The zero-order valence-electron chi connectivity index (χ0n) is 13.8. The molecule has 3 unspecified atom stereocenters. The fourth-order valence-corrected chi connectivity index (χ4v) is 2.31. The molecule has 0 radical (unpaired) electrons. The minimum Gasteiger partial charge on any atom is -0.463 e. The summed E-state index contributed by atoms with van der Waals surface area (Å²) in [6.07, 6.45) is -5.06. The average molecular weight is 347 g/mol. The van der Waals surface area contributed by atoms with Crippen LogP contribution in [-0.2, 0) is 38.1 Å². The van der Waals surface area contributed by atoms with Gasteiger partial charge in [0, 0.05) is 27.7 Å². The fraction of sp³-hybridized carbons (Fsp3) is 0.714. The highest BCUT2D eigenvalue weighted by Crippen LogP contribution is 2.26. The van der Waals surface area contributed by atoms with Gasteiger partial charge in [0.25, 0.3) is 0 Å². The van der Waals surface area contributed by atoms with E-state index >= 15 is 0 Å². The number of ether oxygens (including phenoxy) is 4. The van der Waals surface area contributed by atoms with Gasteiger partial charge in [0.1, 0.15) is 18.8 Å². The molecular formula is C14H21NO9. The molecule has 10 heteroatoms. The quantitative estimate of drug-likeness (QED) is 0.456. The highest BCUT2D eigenvalue weighted by Gasteiger charge is 2.50. The normalized spacial score (nSPS) is 29.3. The number of hydrogen-bond donors (Lipinski definition) is 2. The second-order valence-corrected chi connectivity index (χ2v) is 5.24. The van der Waals surface area contributed by atoms with Gasteiger partial charge in [-0.3, -0.25) is 19.2 Å². The maximum atomic E-state index is 11.4. The Morgan fingerprint density at radius 2 is 1.50 bits per heavy atom. The first-order chi connectivity index (χ1) is 11.1. The predicted octanol–water partition coefficient (Wildman–Crippen LogP) is -1.37. The summed E-state index contributed by atoms with van der Waals surface area (Å²) in [7, 11) is 0. The van der Waals surface area contributed by atoms with E-state index in [4.69, 9.17) is 18.9 Å². The summed E-state index contributed by atoms with van der Waals surface area (Å²) in [5, 5.41) is 12.5. The summed E-state index contributed by atoms with van der Waals surface area (Å²) in [6.45, 7) is 4.28. The molecule has 5 atom stereocenters. The molecule has 1 rings (SSSR count). The first-order valence-corrected chi connectivity index (χ1v) is 7.20. The van der Waals surface area contributed by atoms with Gasteiger partial charge in [0.15, 0.2) is 18.5 Å². The lowest BCUT2D eigenvalue weighted by atomic mass is 9.96. The third-order valence-corrected chi connectivity index (χ3v) is 3.09. The smallest absolute Gasteiger partial charge is 0.303 e. The van der Waals surface area contributed by atoms with E-state index in [0.29, 0.717) is 0 Å². The minimum atomic E-state index is -1.56. The van der Waals surface area contributed by atoms with E-state index in [1.54, 1.807) is 0 Å². The van der Waals surface area contributed by atoms with Gasteiger partial charge in [0.05, 0.1) is 0 Å². The van der Waals surface area contributed by atoms with Crippen LogP contribution in [0.2, 0.25) is 0 Å². The number of amides is 1. The summed E-state index contributed by atoms with van der Waals surface area (Å²) < 4.78 is 20.3. The van der Waals surface area contributed by atoms with Crippen molar-refractivity contribution in [3.63, 3.8) is 0 Å². The van der Waals surface area contributed by atoms with Crippen LogP contribution in [0, 0.1) is 0 Å². The second-order valence-electron chi connectivity index (χ2n) is 5.24. The van der Waals surface area contributed by atoms with Gasteiger partial charge in [-0.2, -0.15) is 0 Å². The Balaban J connectivity index is 3.11. The minimum absolute atomic E-state index is 0.338. The molecule has 1 amide bonds. The Kier molecular flexibility index (Phi) is 7.11. The topological polar surface area (TPSA) is 137 Å². The van der Waals surface area contributed by atoms with Crippen molar-refractivity contribution in [3.05, 3.63) is 0 Å². The van der Waals surface area contributed by atoms with Crippen LogP contribution in [0.5, 0.6) is 0 Å². The Hall–Kier alpha value is -2.20. The highest BCUT2D eigenvalue weighted by molar-refractivity contribution is 5.73. The number of esters is 3. The molecule has 1 heterocycles. The average Bonchev–Trinajstić information content (AvgIpc) is 2.42. The van der Waals surface area contributed by atoms with E-state index in [-0.39, 0.29) is 6.61 Å². The van der Waals surface area contributed by atoms with Crippen LogP contribution in [0.1, 0.15) is 27.7 Å². The zero-order chi connectivity index (χ0) is 18.4. The fourth-order valence-electron chi connectivity index (χ4n) is 2.31. The number of rotatable bonds is 5. The van der Waals surface area contributed by atoms with Gasteiger partial charge >= 0.3 is 17.9 Å². The van der Waals surface area contributed by atoms with Crippen molar-refractivity contribution < 1.29 is 43.2 Å². The van der Waals surface area contributed by atoms with E-state index in [1.807, 2.05) is 0 Å². The standard InChI is InChI=1S/C14H21NO9/c1-6(16)15-11-13(23-9(4)19)12(22-8(3)18)10(24-14(11)20)5-21-7(2)17/h10-14,20H,5H2,1-4H3,(H,15,16)/t10?,11?,12-,13?,14+/m0/s1. The van der Waals surface area contributed by atoms with Crippen molar-refractivity contribution >= 4 is 23.8 Å². The summed E-state index contributed by atoms with van der Waals surface area (Å²) in [5.74, 6) is -2.54. The van der Waals surface area contributed by atoms with E-state index in [0.717, 1.165) is 13.8 Å². The number of carbonyl (C=O) groups excluding carboxylic acids is 4. The molecule has 1 saturated heterocycles. The number of carbonyl (C=O) groups is 4. The van der Waals surface area contributed by atoms with Gasteiger partial charge in [-0.1, -0.05) is 0 Å². The van der Waals surface area contributed by atoms with Gasteiger partial charge in [0.2, 0.25) is 5.91 Å². The van der Waals surface area contributed by atoms with Gasteiger partial charge in [-0.15, -0.1) is 0 Å². The van der Waals surface area contributed by atoms with Crippen LogP contribution in [-0.4, -0.2) is 66.2 Å². The molecule has 0 aliphatic carbocycles. The highest BCUT2D eigenvalue weighted by atomic mass is 16.7. The summed E-state index contributed by atoms with van der Waals surface area (Å²) in [6, 6.07) is -1.16. The summed E-state index contributed by atoms with van der Waals surface area (Å²) in [5.41, 5.74) is 0. The van der Waals surface area contributed by atoms with Crippen molar-refractivity contribution in [1.82, 2.24) is 5.32 Å². The first-order valence-electron chi connectivity index (χ1n) is 7.20. The number of aliphatic hydroxyl groups is 1. The molecule has 0 aromatic carbocycles. The first kappa shape index (κ1) is 19.8. The van der Waals surface area contributed by atoms with Crippen LogP contribution in [0.15, 0.2) is 0 Å². The Labute approximate surface area is 138 Å². The van der Waals surface area contributed by atoms with E-state index < -0.39 is 54.5 Å². The second kappa shape index (κ2) is 8.60. The van der Waals surface area contributed by atoms with Crippen molar-refractivity contribution in [1.29, 1.82) is 0 Å². The van der Waals surface area contributed by atoms with Crippen LogP contribution in [0.25, 0.3) is 0 Å². The van der Waals surface area contributed by atoms with Crippen molar-refractivity contribution in [2.24, 2.45) is 0 Å². The largest absolute Gasteiger partial charge is 0.463 e. The molecule has 1 aliphatic rings. The lowest BCUT2D eigenvalue weighted by Crippen LogP contribution is -2.66. The Bertz CT molecular complexity index is 506. The third-order valence-electron chi connectivity index (χ3n) is 3.09. The molecule has 0 aromatic heterocycles. The molecule has 24 heavy (non-hydrogen) atoms. The maximum Gasteiger partial charge on any atom is 0.303 e. The predicted molar refractivity (Wildman–Crippen MR) is 76.2 cm³/mol. The molecule has 10 nitrogen and oxygen atoms in total. The van der Waals surface area contributed by atoms with Gasteiger partial charge in [-0.05, 0) is 0 Å². The third kappa shape index (κ3) is 5.78. The Morgan fingerprint density at radius 3 is 1.96 bits per heavy atom. The molecular weight excluding hydrogens is 326 g/mol. The monoisotopic (exact) mass is 347 g/mol. The van der Waals surface area contributed by atoms with Crippen molar-refractivity contribution in [2.75, 3.05) is 6.61 Å².